The largest absolute Gasteiger partial charge is 0.348 e. The van der Waals surface area contributed by atoms with E-state index in [1.165, 1.54) is 6.07 Å². The summed E-state index contributed by atoms with van der Waals surface area (Å²) < 4.78 is 17.5. The van der Waals surface area contributed by atoms with Crippen molar-refractivity contribution in [1.82, 2.24) is 24.6 Å². The van der Waals surface area contributed by atoms with E-state index in [0.29, 0.717) is 17.2 Å². The van der Waals surface area contributed by atoms with E-state index in [1.54, 1.807) is 12.1 Å². The standard InChI is InChI=1S/C24H23BrFN5/c25-19-4-3-5-20(14-19)31-16-18(23(29-31)21-6-1-2-7-22(21)26)15-30-12-8-17(9-13-30)24-27-10-11-28-24/h1-7,10-11,14,16-17H,8-9,12-13,15H2,(H,27,28). The highest BCUT2D eigenvalue weighted by Gasteiger charge is 2.24. The second-order valence-electron chi connectivity index (χ2n) is 7.93. The smallest absolute Gasteiger partial charge is 0.132 e. The SMILES string of the molecule is Fc1ccccc1-c1nn(-c2cccc(Br)c2)cc1CN1CCC(c2ncc[nH]2)CC1. The monoisotopic (exact) mass is 479 g/mol. The van der Waals surface area contributed by atoms with Crippen LogP contribution < -0.4 is 0 Å². The molecule has 0 radical (unpaired) electrons. The normalized spacial score (nSPS) is 15.4. The topological polar surface area (TPSA) is 49.7 Å². The number of halogens is 2. The molecule has 5 nitrogen and oxygen atoms in total. The number of benzene rings is 2. The molecule has 1 aliphatic heterocycles. The molecule has 0 saturated carbocycles. The van der Waals surface area contributed by atoms with Crippen molar-refractivity contribution in [2.24, 2.45) is 0 Å². The van der Waals surface area contributed by atoms with Crippen LogP contribution in [0.5, 0.6) is 0 Å². The highest BCUT2D eigenvalue weighted by Crippen LogP contribution is 2.30. The molecule has 5 rings (SSSR count). The molecular weight excluding hydrogens is 457 g/mol. The van der Waals surface area contributed by atoms with Gasteiger partial charge in [-0.15, -0.1) is 0 Å². The van der Waals surface area contributed by atoms with Crippen LogP contribution in [0.4, 0.5) is 4.39 Å². The van der Waals surface area contributed by atoms with Crippen molar-refractivity contribution >= 4 is 15.9 Å². The minimum atomic E-state index is -0.250. The predicted octanol–water partition coefficient (Wildman–Crippen LogP) is 5.54. The first-order valence-electron chi connectivity index (χ1n) is 10.5. The van der Waals surface area contributed by atoms with Crippen LogP contribution in [0.3, 0.4) is 0 Å². The Morgan fingerprint density at radius 3 is 2.68 bits per heavy atom. The maximum atomic E-state index is 14.6. The number of nitrogens with zero attached hydrogens (tertiary/aromatic N) is 4. The van der Waals surface area contributed by atoms with Gasteiger partial charge in [0.05, 0.1) is 5.69 Å². The van der Waals surface area contributed by atoms with Crippen LogP contribution in [-0.4, -0.2) is 37.7 Å². The van der Waals surface area contributed by atoms with E-state index < -0.39 is 0 Å². The van der Waals surface area contributed by atoms with Crippen LogP contribution in [0.1, 0.15) is 30.1 Å². The van der Waals surface area contributed by atoms with E-state index in [0.717, 1.165) is 54.0 Å². The lowest BCUT2D eigenvalue weighted by Crippen LogP contribution is -2.32. The molecule has 0 spiro atoms. The van der Waals surface area contributed by atoms with Crippen LogP contribution in [0.25, 0.3) is 16.9 Å². The van der Waals surface area contributed by atoms with Crippen molar-refractivity contribution in [3.63, 3.8) is 0 Å². The second-order valence-corrected chi connectivity index (χ2v) is 8.85. The number of rotatable bonds is 5. The summed E-state index contributed by atoms with van der Waals surface area (Å²) in [5.74, 6) is 1.30. The summed E-state index contributed by atoms with van der Waals surface area (Å²) in [6, 6.07) is 14.8. The van der Waals surface area contributed by atoms with Crippen molar-refractivity contribution in [2.75, 3.05) is 13.1 Å². The maximum absolute atomic E-state index is 14.6. The molecule has 0 atom stereocenters. The fraction of sp³-hybridized carbons (Fsp3) is 0.250. The Hall–Kier alpha value is -2.77. The molecule has 2 aromatic heterocycles. The lowest BCUT2D eigenvalue weighted by Gasteiger charge is -2.31. The third-order valence-corrected chi connectivity index (χ3v) is 6.37. The van der Waals surface area contributed by atoms with Gasteiger partial charge in [0.15, 0.2) is 0 Å². The molecule has 0 amide bonds. The van der Waals surface area contributed by atoms with Crippen molar-refractivity contribution in [3.05, 3.63) is 88.8 Å². The van der Waals surface area contributed by atoms with Crippen LogP contribution in [0.15, 0.2) is 71.6 Å². The lowest BCUT2D eigenvalue weighted by atomic mass is 9.95. The van der Waals surface area contributed by atoms with E-state index in [4.69, 9.17) is 5.10 Å². The van der Waals surface area contributed by atoms with E-state index >= 15 is 0 Å². The Kier molecular flexibility index (Phi) is 5.70. The Morgan fingerprint density at radius 2 is 1.94 bits per heavy atom. The summed E-state index contributed by atoms with van der Waals surface area (Å²) in [6.45, 7) is 2.69. The third kappa shape index (κ3) is 4.34. The lowest BCUT2D eigenvalue weighted by molar-refractivity contribution is 0.202. The second kappa shape index (κ2) is 8.77. The van der Waals surface area contributed by atoms with Crippen molar-refractivity contribution in [3.8, 4) is 16.9 Å². The van der Waals surface area contributed by atoms with E-state index in [-0.39, 0.29) is 5.82 Å². The molecule has 7 heteroatoms. The first kappa shape index (κ1) is 20.2. The van der Waals surface area contributed by atoms with Gasteiger partial charge in [0.1, 0.15) is 17.3 Å². The molecule has 0 unspecified atom stereocenters. The number of likely N-dealkylation sites (tertiary alicyclic amines) is 1. The Labute approximate surface area is 189 Å². The van der Waals surface area contributed by atoms with Crippen LogP contribution in [-0.2, 0) is 6.54 Å². The van der Waals surface area contributed by atoms with Crippen molar-refractivity contribution in [2.45, 2.75) is 25.3 Å². The summed E-state index contributed by atoms with van der Waals surface area (Å²) >= 11 is 3.53. The van der Waals surface area contributed by atoms with Gasteiger partial charge in [-0.2, -0.15) is 5.10 Å². The number of imidazole rings is 1. The molecule has 1 fully saturated rings. The van der Waals surface area contributed by atoms with Crippen LogP contribution in [0, 0.1) is 5.82 Å². The molecule has 3 heterocycles. The first-order chi connectivity index (χ1) is 15.2. The Bertz CT molecular complexity index is 1160. The number of piperidine rings is 1. The fourth-order valence-corrected chi connectivity index (χ4v) is 4.65. The summed E-state index contributed by atoms with van der Waals surface area (Å²) in [6.07, 6.45) is 7.85. The molecule has 1 aliphatic rings. The molecule has 158 valence electrons. The van der Waals surface area contributed by atoms with Gasteiger partial charge in [0, 0.05) is 46.7 Å². The molecule has 31 heavy (non-hydrogen) atoms. The van der Waals surface area contributed by atoms with Crippen molar-refractivity contribution < 1.29 is 4.39 Å². The van der Waals surface area contributed by atoms with Gasteiger partial charge in [-0.25, -0.2) is 14.1 Å². The zero-order valence-electron chi connectivity index (χ0n) is 17.0. The summed E-state index contributed by atoms with van der Waals surface area (Å²) in [7, 11) is 0. The molecule has 0 aliphatic carbocycles. The predicted molar refractivity (Wildman–Crippen MR) is 122 cm³/mol. The zero-order chi connectivity index (χ0) is 21.2. The quantitative estimate of drug-likeness (QED) is 0.408. The highest BCUT2D eigenvalue weighted by atomic mass is 79.9. The van der Waals surface area contributed by atoms with Gasteiger partial charge in [-0.3, -0.25) is 4.90 Å². The number of hydrogen-bond donors (Lipinski definition) is 1. The molecule has 0 bridgehead atoms. The minimum absolute atomic E-state index is 0.250. The number of aromatic amines is 1. The maximum Gasteiger partial charge on any atom is 0.132 e. The number of aromatic nitrogens is 4. The van der Waals surface area contributed by atoms with Gasteiger partial charge in [-0.1, -0.05) is 34.1 Å². The Morgan fingerprint density at radius 1 is 1.10 bits per heavy atom. The molecule has 4 aromatic rings. The minimum Gasteiger partial charge on any atom is -0.348 e. The summed E-state index contributed by atoms with van der Waals surface area (Å²) in [5.41, 5.74) is 3.21. The first-order valence-corrected chi connectivity index (χ1v) is 11.3. The fourth-order valence-electron chi connectivity index (χ4n) is 4.26. The van der Waals surface area contributed by atoms with Gasteiger partial charge in [0.2, 0.25) is 0 Å². The van der Waals surface area contributed by atoms with E-state index in [2.05, 4.69) is 30.8 Å². The van der Waals surface area contributed by atoms with Crippen molar-refractivity contribution in [1.29, 1.82) is 0 Å². The summed E-state index contributed by atoms with van der Waals surface area (Å²) in [4.78, 5) is 10.1. The zero-order valence-corrected chi connectivity index (χ0v) is 18.6. The van der Waals surface area contributed by atoms with Gasteiger partial charge < -0.3 is 4.98 Å². The average molecular weight is 480 g/mol. The Balaban J connectivity index is 1.42. The van der Waals surface area contributed by atoms with E-state index in [1.807, 2.05) is 53.6 Å². The number of nitrogens with one attached hydrogen (secondary N) is 1. The van der Waals surface area contributed by atoms with Crippen LogP contribution >= 0.6 is 15.9 Å². The molecule has 1 N–H and O–H groups in total. The van der Waals surface area contributed by atoms with Gasteiger partial charge in [-0.05, 0) is 56.3 Å². The summed E-state index contributed by atoms with van der Waals surface area (Å²) in [5, 5.41) is 4.79. The van der Waals surface area contributed by atoms with Gasteiger partial charge in [0.25, 0.3) is 0 Å². The number of H-pyrrole nitrogens is 1. The average Bonchev–Trinajstić information content (AvgIpc) is 3.45. The van der Waals surface area contributed by atoms with Crippen LogP contribution in [0.2, 0.25) is 0 Å². The highest BCUT2D eigenvalue weighted by molar-refractivity contribution is 9.10. The molecule has 2 aromatic carbocycles. The third-order valence-electron chi connectivity index (χ3n) is 5.88. The molecular formula is C24H23BrFN5. The molecule has 1 saturated heterocycles. The van der Waals surface area contributed by atoms with E-state index in [9.17, 15) is 4.39 Å². The number of hydrogen-bond acceptors (Lipinski definition) is 3. The van der Waals surface area contributed by atoms with Gasteiger partial charge >= 0.3 is 0 Å².